The Bertz CT molecular complexity index is 2540. The number of carbonyl (C=O) groups is 2. The number of methoxy groups -OCH3 is 1. The van der Waals surface area contributed by atoms with Crippen LogP contribution in [0.4, 0.5) is 11.5 Å². The van der Waals surface area contributed by atoms with Crippen LogP contribution in [0, 0.1) is 23.7 Å². The van der Waals surface area contributed by atoms with Crippen LogP contribution in [0.2, 0.25) is 0 Å². The Morgan fingerprint density at radius 2 is 1.18 bits per heavy atom. The Kier molecular flexibility index (Phi) is 21.6. The number of hydrogen-bond acceptors (Lipinski definition) is 8. The zero-order valence-electron chi connectivity index (χ0n) is 48.2. The summed E-state index contributed by atoms with van der Waals surface area (Å²) in [5.74, 6) is 5.19. The van der Waals surface area contributed by atoms with Crippen LogP contribution in [0.3, 0.4) is 0 Å². The molecule has 0 radical (unpaired) electrons. The van der Waals surface area contributed by atoms with E-state index in [4.69, 9.17) is 14.9 Å². The van der Waals surface area contributed by atoms with E-state index in [0.29, 0.717) is 29.6 Å². The van der Waals surface area contributed by atoms with Gasteiger partial charge in [-0.25, -0.2) is 9.03 Å². The maximum Gasteiger partial charge on any atom is 0.254 e. The Balaban J connectivity index is 0.000000195. The number of nitrogens with zero attached hydrogens (tertiary/aromatic N) is 8. The molecule has 76 heavy (non-hydrogen) atoms. The molecule has 10 rings (SSSR count). The van der Waals surface area contributed by atoms with Gasteiger partial charge < -0.3 is 29.7 Å². The largest absolute Gasteiger partial charge is 0.497 e. The van der Waals surface area contributed by atoms with E-state index >= 15 is 0 Å². The number of ether oxygens (including phenoxy) is 1. The summed E-state index contributed by atoms with van der Waals surface area (Å²) in [6.07, 6.45) is 28.7. The molecule has 0 spiro atoms. The number of rotatable bonds is 20. The van der Waals surface area contributed by atoms with Gasteiger partial charge in [0.1, 0.15) is 5.75 Å². The summed E-state index contributed by atoms with van der Waals surface area (Å²) in [6, 6.07) is 16.1. The molecule has 1 N–H and O–H groups in total. The lowest BCUT2D eigenvalue weighted by Crippen LogP contribution is -2.40. The van der Waals surface area contributed by atoms with E-state index in [9.17, 15) is 9.59 Å². The van der Waals surface area contributed by atoms with Gasteiger partial charge in [0.15, 0.2) is 5.82 Å². The molecule has 3 aliphatic heterocycles. The van der Waals surface area contributed by atoms with Crippen molar-refractivity contribution in [1.82, 2.24) is 38.8 Å². The van der Waals surface area contributed by atoms with Crippen LogP contribution >= 0.6 is 0 Å². The fourth-order valence-corrected chi connectivity index (χ4v) is 12.8. The van der Waals surface area contributed by atoms with E-state index in [1.165, 1.54) is 146 Å². The summed E-state index contributed by atoms with van der Waals surface area (Å²) < 4.78 is 9.32. The van der Waals surface area contributed by atoms with Crippen LogP contribution in [0.1, 0.15) is 201 Å². The van der Waals surface area contributed by atoms with Crippen molar-refractivity contribution in [3.63, 3.8) is 0 Å². The van der Waals surface area contributed by atoms with Crippen molar-refractivity contribution in [3.05, 3.63) is 88.9 Å². The lowest BCUT2D eigenvalue weighted by atomic mass is 9.84. The Morgan fingerprint density at radius 1 is 0.658 bits per heavy atom. The van der Waals surface area contributed by atoms with Crippen molar-refractivity contribution in [3.8, 4) is 5.75 Å². The van der Waals surface area contributed by atoms with Crippen molar-refractivity contribution in [2.24, 2.45) is 23.7 Å². The molecule has 4 aromatic heterocycles. The van der Waals surface area contributed by atoms with E-state index in [0.717, 1.165) is 104 Å². The molecule has 2 aliphatic carbocycles. The van der Waals surface area contributed by atoms with E-state index in [2.05, 4.69) is 69.3 Å². The first-order chi connectivity index (χ1) is 37.1. The van der Waals surface area contributed by atoms with E-state index in [1.807, 2.05) is 67.2 Å². The minimum atomic E-state index is 0.171. The van der Waals surface area contributed by atoms with Gasteiger partial charge in [-0.1, -0.05) is 73.6 Å². The number of carbonyl (C=O) groups excluding carboxylic acids is 2. The summed E-state index contributed by atoms with van der Waals surface area (Å²) in [4.78, 5) is 36.7. The van der Waals surface area contributed by atoms with Crippen LogP contribution in [0.25, 0.3) is 11.0 Å². The monoisotopic (exact) mass is 1040 g/mol. The molecule has 1 aromatic carbocycles. The number of nitrogens with one attached hydrogen (secondary N) is 1. The van der Waals surface area contributed by atoms with Gasteiger partial charge in [0.25, 0.3) is 11.8 Å². The number of aromatic nitrogens is 4. The molecule has 12 heteroatoms. The minimum absolute atomic E-state index is 0.171. The third kappa shape index (κ3) is 15.4. The molecular weight excluding hydrogens is 943 g/mol. The van der Waals surface area contributed by atoms with Crippen LogP contribution in [0.5, 0.6) is 5.75 Å². The second-order valence-corrected chi connectivity index (χ2v) is 23.8. The normalized spacial score (nSPS) is 19.4. The molecular formula is C64H97N9O3. The van der Waals surface area contributed by atoms with Crippen molar-refractivity contribution >= 4 is 34.4 Å². The topological polar surface area (TPSA) is 103 Å². The predicted octanol–water partition coefficient (Wildman–Crippen LogP) is 13.7. The number of likely N-dealkylation sites (tertiary alicyclic amines) is 3. The zero-order chi connectivity index (χ0) is 53.4. The van der Waals surface area contributed by atoms with Crippen LogP contribution in [-0.4, -0.2) is 123 Å². The van der Waals surface area contributed by atoms with Crippen LogP contribution in [-0.2, 0) is 12.8 Å². The molecule has 5 aromatic rings. The SMILES string of the molecule is CC.CC(C)CCN(CCC(C)C)C(=O)c1ccn2nc(C3CCCCC3)c(CCCN3CCCCC3)c2c1.COc1ccc(Nc2nn3ccc(C(=O)N4CC5CCC(C5)C4)cc3c2CCCN2CCCCC2)cc1. The number of hydrogen-bond donors (Lipinski definition) is 1. The van der Waals surface area contributed by atoms with E-state index < -0.39 is 0 Å². The molecule has 2 saturated carbocycles. The highest BCUT2D eigenvalue weighted by Gasteiger charge is 2.35. The van der Waals surface area contributed by atoms with Crippen molar-refractivity contribution in [1.29, 1.82) is 0 Å². The third-order valence-electron chi connectivity index (χ3n) is 17.2. The van der Waals surface area contributed by atoms with Crippen molar-refractivity contribution in [2.75, 3.05) is 77.9 Å². The van der Waals surface area contributed by atoms with Gasteiger partial charge in [0.05, 0.1) is 23.8 Å². The Labute approximate surface area is 457 Å². The first kappa shape index (κ1) is 57.2. The molecule has 3 saturated heterocycles. The lowest BCUT2D eigenvalue weighted by molar-refractivity contribution is 0.0661. The lowest BCUT2D eigenvalue weighted by Gasteiger charge is -2.31. The number of amides is 2. The third-order valence-corrected chi connectivity index (χ3v) is 17.2. The molecule has 416 valence electrons. The number of anilines is 2. The zero-order valence-corrected chi connectivity index (χ0v) is 48.2. The average Bonchev–Trinajstić information content (AvgIpc) is 4.13. The average molecular weight is 1040 g/mol. The summed E-state index contributed by atoms with van der Waals surface area (Å²) in [6.45, 7) is 23.7. The van der Waals surface area contributed by atoms with Crippen molar-refractivity contribution in [2.45, 2.75) is 176 Å². The standard InChI is InChI=1S/C32H52N4O.C30H39N5O2.C2H6/c1-25(2)15-21-35(22-16-26(3)4)32(37)28-17-23-36-30(24-28)29(14-11-20-34-18-9-6-10-19-34)31(33-36)27-12-7-5-8-13-27;1-37-26-11-9-25(10-12-26)31-29-27(6-5-16-33-14-3-2-4-15-33)28-19-24(13-17-35(28)32-29)30(36)34-20-22-7-8-23(18-22)21-34;1-2/h17,23-27H,5-16,18-22H2,1-4H3;9-13,17,19,22-23H,2-8,14-16,18,20-21H2,1H3,(H,31,32);1-2H3. The Morgan fingerprint density at radius 3 is 1.76 bits per heavy atom. The molecule has 5 aliphatic rings. The smallest absolute Gasteiger partial charge is 0.254 e. The molecule has 7 heterocycles. The second-order valence-electron chi connectivity index (χ2n) is 23.8. The van der Waals surface area contributed by atoms with Gasteiger partial charge in [0.2, 0.25) is 0 Å². The maximum absolute atomic E-state index is 13.7. The number of benzene rings is 1. The van der Waals surface area contributed by atoms with Gasteiger partial charge in [0, 0.05) is 72.4 Å². The molecule has 2 atom stereocenters. The molecule has 12 nitrogen and oxygen atoms in total. The molecule has 2 bridgehead atoms. The van der Waals surface area contributed by atoms with E-state index in [1.54, 1.807) is 7.11 Å². The van der Waals surface area contributed by atoms with Gasteiger partial charge in [-0.2, -0.15) is 5.10 Å². The number of aryl methyl sites for hydroxylation is 2. The second kappa shape index (κ2) is 28.6. The summed E-state index contributed by atoms with van der Waals surface area (Å²) in [5.41, 5.74) is 8.68. The van der Waals surface area contributed by atoms with E-state index in [-0.39, 0.29) is 11.8 Å². The summed E-state index contributed by atoms with van der Waals surface area (Å²) in [5, 5.41) is 13.6. The van der Waals surface area contributed by atoms with Crippen molar-refractivity contribution < 1.29 is 14.3 Å². The highest BCUT2D eigenvalue weighted by Crippen LogP contribution is 2.38. The van der Waals surface area contributed by atoms with Gasteiger partial charge in [-0.05, 0) is 208 Å². The highest BCUT2D eigenvalue weighted by atomic mass is 16.5. The predicted molar refractivity (Wildman–Crippen MR) is 313 cm³/mol. The van der Waals surface area contributed by atoms with Gasteiger partial charge >= 0.3 is 0 Å². The minimum Gasteiger partial charge on any atom is -0.497 e. The fraction of sp³-hybridized carbons (Fsp3) is 0.656. The molecule has 2 unspecified atom stereocenters. The maximum atomic E-state index is 13.7. The first-order valence-electron chi connectivity index (χ1n) is 30.5. The van der Waals surface area contributed by atoms with Gasteiger partial charge in [-0.3, -0.25) is 9.59 Å². The molecule has 2 amide bonds. The van der Waals surface area contributed by atoms with Crippen LogP contribution < -0.4 is 10.1 Å². The highest BCUT2D eigenvalue weighted by molar-refractivity contribution is 5.96. The summed E-state index contributed by atoms with van der Waals surface area (Å²) >= 11 is 0. The fourth-order valence-electron chi connectivity index (χ4n) is 12.8. The van der Waals surface area contributed by atoms with Crippen LogP contribution in [0.15, 0.2) is 60.9 Å². The quantitative estimate of drug-likeness (QED) is 0.0822. The summed E-state index contributed by atoms with van der Waals surface area (Å²) in [7, 11) is 1.68. The number of fused-ring (bicyclic) bond motifs is 4. The number of pyridine rings is 2. The Hall–Kier alpha value is -4.94. The molecule has 5 fully saturated rings. The first-order valence-corrected chi connectivity index (χ1v) is 30.5. The number of piperidine rings is 3. The van der Waals surface area contributed by atoms with Gasteiger partial charge in [-0.15, -0.1) is 5.10 Å².